The Morgan fingerprint density at radius 1 is 0.452 bits per heavy atom. The molecule has 1 unspecified atom stereocenters. The van der Waals surface area contributed by atoms with Crippen molar-refractivity contribution in [2.75, 3.05) is 0 Å². The minimum Gasteiger partial charge on any atom is -0.294 e. The second-order valence-electron chi connectivity index (χ2n) is 10.1. The van der Waals surface area contributed by atoms with E-state index in [2.05, 4.69) is 152 Å². The fraction of sp³-hybridized carbons (Fsp3) is 0.0513. The predicted molar refractivity (Wildman–Crippen MR) is 181 cm³/mol. The van der Waals surface area contributed by atoms with Crippen molar-refractivity contribution in [3.8, 4) is 0 Å². The third-order valence-corrected chi connectivity index (χ3v) is 15.9. The highest BCUT2D eigenvalue weighted by Crippen LogP contribution is 2.64. The molecule has 3 heteroatoms. The first kappa shape index (κ1) is 27.9. The molecule has 1 nitrogen and oxygen atoms in total. The van der Waals surface area contributed by atoms with Gasteiger partial charge in [-0.15, -0.1) is 0 Å². The molecule has 0 radical (unpaired) electrons. The van der Waals surface area contributed by atoms with Crippen LogP contribution in [0.3, 0.4) is 0 Å². The number of carbonyl (C=O) groups excluding carboxylic acids is 1. The topological polar surface area (TPSA) is 17.1 Å². The Balaban J connectivity index is 1.72. The van der Waals surface area contributed by atoms with Gasteiger partial charge in [0.05, 0.1) is 6.42 Å². The molecule has 0 bridgehead atoms. The van der Waals surface area contributed by atoms with Gasteiger partial charge in [-0.3, -0.25) is 4.79 Å². The van der Waals surface area contributed by atoms with Gasteiger partial charge in [0, 0.05) is 5.56 Å². The van der Waals surface area contributed by atoms with Gasteiger partial charge in [-0.05, 0) is 60.7 Å². The number of benzene rings is 6. The second-order valence-corrected chi connectivity index (χ2v) is 16.3. The first-order valence-electron chi connectivity index (χ1n) is 14.3. The quantitative estimate of drug-likeness (QED) is 0.0905. The van der Waals surface area contributed by atoms with Crippen molar-refractivity contribution in [2.24, 2.45) is 0 Å². The zero-order chi connectivity index (χ0) is 28.6. The molecule has 6 aromatic rings. The van der Waals surface area contributed by atoms with Crippen LogP contribution in [-0.4, -0.2) is 10.8 Å². The van der Waals surface area contributed by atoms with Crippen molar-refractivity contribution < 1.29 is 4.79 Å². The Morgan fingerprint density at radius 3 is 1.12 bits per heavy atom. The molecule has 0 aliphatic carbocycles. The molecule has 0 heterocycles. The van der Waals surface area contributed by atoms with Crippen LogP contribution in [0.4, 0.5) is 0 Å². The summed E-state index contributed by atoms with van der Waals surface area (Å²) < 4.78 is 0. The highest BCUT2D eigenvalue weighted by atomic mass is 32.2. The summed E-state index contributed by atoms with van der Waals surface area (Å²) in [5.74, 6) is 0.178. The predicted octanol–water partition coefficient (Wildman–Crippen LogP) is 8.32. The van der Waals surface area contributed by atoms with Gasteiger partial charge in [-0.2, -0.15) is 0 Å². The Hall–Kier alpha value is -4.23. The lowest BCUT2D eigenvalue weighted by atomic mass is 10.1. The smallest absolute Gasteiger partial charge is 0.249 e. The van der Waals surface area contributed by atoms with Crippen molar-refractivity contribution in [3.05, 3.63) is 188 Å². The largest absolute Gasteiger partial charge is 0.294 e. The number of hydrogen-bond donors (Lipinski definition) is 0. The third-order valence-electron chi connectivity index (χ3n) is 7.64. The molecule has 204 valence electrons. The van der Waals surface area contributed by atoms with Crippen molar-refractivity contribution in [2.45, 2.75) is 21.2 Å². The molecule has 0 fully saturated rings. The molecular weight excluding hydrogens is 547 g/mol. The normalized spacial score (nSPS) is 12.1. The van der Waals surface area contributed by atoms with Gasteiger partial charge in [-0.1, -0.05) is 121 Å². The Labute approximate surface area is 252 Å². The monoisotopic (exact) mass is 580 g/mol. The van der Waals surface area contributed by atoms with Crippen molar-refractivity contribution in [1.29, 1.82) is 0 Å². The van der Waals surface area contributed by atoms with E-state index < -0.39 is 18.2 Å². The van der Waals surface area contributed by atoms with Gasteiger partial charge in [0.15, 0.2) is 22.8 Å². The van der Waals surface area contributed by atoms with Crippen LogP contribution in [0.1, 0.15) is 16.8 Å². The van der Waals surface area contributed by atoms with Gasteiger partial charge >= 0.3 is 0 Å². The molecular formula is C39H33OPS+2. The molecule has 0 amide bonds. The summed E-state index contributed by atoms with van der Waals surface area (Å²) in [6.45, 7) is 0. The lowest BCUT2D eigenvalue weighted by molar-refractivity contribution is 0.0987. The Kier molecular flexibility index (Phi) is 8.75. The van der Waals surface area contributed by atoms with Crippen LogP contribution in [0.5, 0.6) is 0 Å². The van der Waals surface area contributed by atoms with Crippen LogP contribution >= 0.6 is 7.26 Å². The van der Waals surface area contributed by atoms with Gasteiger partial charge in [0.25, 0.3) is 0 Å². The number of ketones is 1. The highest BCUT2D eigenvalue weighted by molar-refractivity contribution is 8.12. The zero-order valence-electron chi connectivity index (χ0n) is 23.4. The third kappa shape index (κ3) is 5.61. The summed E-state index contributed by atoms with van der Waals surface area (Å²) >= 11 is 0. The van der Waals surface area contributed by atoms with Crippen molar-refractivity contribution >= 4 is 39.9 Å². The molecule has 1 atom stereocenters. The van der Waals surface area contributed by atoms with Crippen molar-refractivity contribution in [3.63, 3.8) is 0 Å². The van der Waals surface area contributed by atoms with E-state index in [1.54, 1.807) is 0 Å². The molecule has 0 N–H and O–H groups in total. The molecule has 0 spiro atoms. The highest BCUT2D eigenvalue weighted by Gasteiger charge is 2.62. The zero-order valence-corrected chi connectivity index (χ0v) is 25.1. The fourth-order valence-corrected chi connectivity index (χ4v) is 15.3. The van der Waals surface area contributed by atoms with Crippen LogP contribution in [-0.2, 0) is 10.9 Å². The SMILES string of the molecule is O=C(CC([S+](c1ccccc1)c1ccccc1)[P+](c1ccccc1)(c1ccccc1)c1ccccc1)c1ccccc1. The molecule has 0 aromatic heterocycles. The standard InChI is InChI=1S/C39H33OPS/c40-38(32-19-7-1-8-20-32)31-39(42(36-27-15-5-16-28-36)37-29-17-6-18-30-37)41(33-21-9-2-10-22-33,34-23-11-3-12-24-34)35-25-13-4-14-26-35/h1-30,39H,31H2/q+2. The van der Waals surface area contributed by atoms with Crippen LogP contribution in [0, 0.1) is 0 Å². The van der Waals surface area contributed by atoms with Gasteiger partial charge in [0.2, 0.25) is 4.99 Å². The molecule has 6 rings (SSSR count). The first-order chi connectivity index (χ1) is 20.8. The molecule has 42 heavy (non-hydrogen) atoms. The van der Waals surface area contributed by atoms with Gasteiger partial charge < -0.3 is 0 Å². The van der Waals surface area contributed by atoms with Gasteiger partial charge in [-0.25, -0.2) is 0 Å². The Bertz CT molecular complexity index is 1560. The summed E-state index contributed by atoms with van der Waals surface area (Å²) in [6, 6.07) is 64.3. The summed E-state index contributed by atoms with van der Waals surface area (Å²) in [7, 11) is -2.86. The van der Waals surface area contributed by atoms with E-state index in [0.717, 1.165) is 5.56 Å². The minimum absolute atomic E-state index is 0.0257. The number of rotatable bonds is 10. The van der Waals surface area contributed by atoms with Crippen LogP contribution in [0.2, 0.25) is 0 Å². The molecule has 6 aromatic carbocycles. The van der Waals surface area contributed by atoms with Crippen molar-refractivity contribution in [1.82, 2.24) is 0 Å². The van der Waals surface area contributed by atoms with E-state index >= 15 is 0 Å². The number of Topliss-reactive ketones (excluding diaryl/α,β-unsaturated/α-hetero) is 1. The van der Waals surface area contributed by atoms with E-state index in [4.69, 9.17) is 0 Å². The second kappa shape index (κ2) is 13.2. The van der Waals surface area contributed by atoms with E-state index in [1.165, 1.54) is 25.7 Å². The van der Waals surface area contributed by atoms with E-state index in [0.29, 0.717) is 6.42 Å². The lowest BCUT2D eigenvalue weighted by Gasteiger charge is -2.33. The minimum atomic E-state index is -2.43. The summed E-state index contributed by atoms with van der Waals surface area (Å²) in [6.07, 6.45) is 0.420. The molecule has 0 saturated heterocycles. The van der Waals surface area contributed by atoms with Crippen LogP contribution in [0.25, 0.3) is 0 Å². The average Bonchev–Trinajstić information content (AvgIpc) is 3.08. The van der Waals surface area contributed by atoms with E-state index in [-0.39, 0.29) is 10.8 Å². The molecule has 0 aliphatic heterocycles. The molecule has 0 saturated carbocycles. The van der Waals surface area contributed by atoms with Gasteiger partial charge in [0.1, 0.15) is 26.8 Å². The maximum absolute atomic E-state index is 14.4. The fourth-order valence-electron chi connectivity index (χ4n) is 5.80. The average molecular weight is 581 g/mol. The first-order valence-corrected chi connectivity index (χ1v) is 17.4. The van der Waals surface area contributed by atoms with E-state index in [1.807, 2.05) is 30.3 Å². The lowest BCUT2D eigenvalue weighted by Crippen LogP contribution is -2.43. The molecule has 0 aliphatic rings. The summed E-state index contributed by atoms with van der Waals surface area (Å²) in [5.41, 5.74) is 0.763. The Morgan fingerprint density at radius 2 is 0.762 bits per heavy atom. The number of carbonyl (C=O) groups is 1. The maximum Gasteiger partial charge on any atom is 0.249 e. The number of hydrogen-bond acceptors (Lipinski definition) is 1. The van der Waals surface area contributed by atoms with E-state index in [9.17, 15) is 4.79 Å². The summed E-state index contributed by atoms with van der Waals surface area (Å²) in [4.78, 5) is 16.9. The van der Waals surface area contributed by atoms with Crippen LogP contribution < -0.4 is 15.9 Å². The van der Waals surface area contributed by atoms with Crippen LogP contribution in [0.15, 0.2) is 192 Å². The maximum atomic E-state index is 14.4. The summed E-state index contributed by atoms with van der Waals surface area (Å²) in [5, 5.41) is 3.87.